The molecule has 1 heterocycles. The number of hydrogen-bond acceptors (Lipinski definition) is 6. The van der Waals surface area contributed by atoms with Crippen molar-refractivity contribution in [3.63, 3.8) is 0 Å². The molecule has 1 aromatic rings. The van der Waals surface area contributed by atoms with Crippen molar-refractivity contribution in [2.45, 2.75) is 30.6 Å². The molecule has 7 nitrogen and oxygen atoms in total. The maximum Gasteiger partial charge on any atom is 0.342 e. The first-order valence-corrected chi connectivity index (χ1v) is 7.93. The molecule has 1 aliphatic heterocycles. The Bertz CT molecular complexity index is 654. The van der Waals surface area contributed by atoms with E-state index in [1.54, 1.807) is 12.1 Å². The minimum absolute atomic E-state index is 0.0406. The van der Waals surface area contributed by atoms with Gasteiger partial charge in [0.1, 0.15) is 4.90 Å². The summed E-state index contributed by atoms with van der Waals surface area (Å²) in [7, 11) is -3.75. The van der Waals surface area contributed by atoms with Gasteiger partial charge in [0.2, 0.25) is 0 Å². The fourth-order valence-electron chi connectivity index (χ4n) is 2.20. The molecule has 0 radical (unpaired) electrons. The van der Waals surface area contributed by atoms with Crippen LogP contribution >= 0.6 is 0 Å². The molecule has 1 aliphatic rings. The number of nitrogens with zero attached hydrogens (tertiary/aromatic N) is 1. The van der Waals surface area contributed by atoms with Crippen LogP contribution in [0.1, 0.15) is 36.0 Å². The zero-order valence-electron chi connectivity index (χ0n) is 11.2. The Kier molecular flexibility index (Phi) is 4.59. The second-order valence-corrected chi connectivity index (χ2v) is 6.48. The number of benzene rings is 1. The largest absolute Gasteiger partial charge is 0.342 e. The van der Waals surface area contributed by atoms with Crippen LogP contribution in [0.4, 0.5) is 0 Å². The molecule has 1 aromatic carbocycles. The summed E-state index contributed by atoms with van der Waals surface area (Å²) in [5.41, 5.74) is 0.196. The van der Waals surface area contributed by atoms with Crippen LogP contribution in [0.25, 0.3) is 0 Å². The van der Waals surface area contributed by atoms with E-state index >= 15 is 0 Å². The van der Waals surface area contributed by atoms with Crippen molar-refractivity contribution in [2.24, 2.45) is 0 Å². The zero-order chi connectivity index (χ0) is 15.5. The summed E-state index contributed by atoms with van der Waals surface area (Å²) in [5, 5.41) is 8.09. The highest BCUT2D eigenvalue weighted by Gasteiger charge is 2.40. The molecular formula is C13H15NO6S. The van der Waals surface area contributed by atoms with E-state index in [9.17, 15) is 18.0 Å². The number of rotatable bonds is 6. The van der Waals surface area contributed by atoms with Crippen LogP contribution in [0.3, 0.4) is 0 Å². The average molecular weight is 313 g/mol. The average Bonchev–Trinajstić information content (AvgIpc) is 2.67. The molecule has 0 atom stereocenters. The van der Waals surface area contributed by atoms with Crippen molar-refractivity contribution in [1.82, 2.24) is 4.31 Å². The highest BCUT2D eigenvalue weighted by molar-refractivity contribution is 7.90. The number of carbonyl (C=O) groups is 2. The molecule has 0 unspecified atom stereocenters. The summed E-state index contributed by atoms with van der Waals surface area (Å²) in [5.74, 6) is -1.24. The molecule has 0 spiro atoms. The first-order chi connectivity index (χ1) is 9.98. The second-order valence-electron chi connectivity index (χ2n) is 4.65. The molecule has 2 rings (SSSR count). The molecule has 0 fully saturated rings. The van der Waals surface area contributed by atoms with E-state index in [-0.39, 0.29) is 23.4 Å². The Labute approximate surface area is 122 Å². The predicted octanol–water partition coefficient (Wildman–Crippen LogP) is 1.41. The van der Waals surface area contributed by atoms with Crippen LogP contribution in [-0.2, 0) is 19.7 Å². The third-order valence-corrected chi connectivity index (χ3v) is 5.10. The van der Waals surface area contributed by atoms with E-state index in [0.717, 1.165) is 4.31 Å². The number of hydrogen-bond donors (Lipinski definition) is 1. The maximum absolute atomic E-state index is 12.2. The molecule has 0 saturated heterocycles. The number of unbranched alkanes of at least 4 members (excludes halogenated alkanes) is 2. The molecule has 114 valence electrons. The molecule has 0 saturated carbocycles. The van der Waals surface area contributed by atoms with Gasteiger partial charge in [-0.15, -0.1) is 0 Å². The van der Waals surface area contributed by atoms with E-state index < -0.39 is 21.9 Å². The van der Waals surface area contributed by atoms with Crippen LogP contribution < -0.4 is 0 Å². The fraction of sp³-hybridized carbons (Fsp3) is 0.385. The topological polar surface area (TPSA) is 101 Å². The highest BCUT2D eigenvalue weighted by Crippen LogP contribution is 2.30. The monoisotopic (exact) mass is 313 g/mol. The molecule has 0 bridgehead atoms. The van der Waals surface area contributed by atoms with Gasteiger partial charge >= 0.3 is 5.97 Å². The minimum atomic E-state index is -3.75. The van der Waals surface area contributed by atoms with Gasteiger partial charge in [-0.3, -0.25) is 4.79 Å². The van der Waals surface area contributed by atoms with Crippen molar-refractivity contribution in [3.05, 3.63) is 29.8 Å². The van der Waals surface area contributed by atoms with Crippen LogP contribution in [0.2, 0.25) is 0 Å². The highest BCUT2D eigenvalue weighted by atomic mass is 32.2. The lowest BCUT2D eigenvalue weighted by Crippen LogP contribution is -2.31. The van der Waals surface area contributed by atoms with Gasteiger partial charge in [0, 0.05) is 13.0 Å². The Morgan fingerprint density at radius 3 is 2.57 bits per heavy atom. The van der Waals surface area contributed by atoms with Crippen molar-refractivity contribution in [2.75, 3.05) is 6.54 Å². The molecular weight excluding hydrogens is 298 g/mol. The third kappa shape index (κ3) is 3.06. The van der Waals surface area contributed by atoms with Gasteiger partial charge in [-0.2, -0.15) is 5.26 Å². The summed E-state index contributed by atoms with van der Waals surface area (Å²) >= 11 is 0. The van der Waals surface area contributed by atoms with Gasteiger partial charge in [0.15, 0.2) is 0 Å². The summed E-state index contributed by atoms with van der Waals surface area (Å²) in [6, 6.07) is 6.11. The standard InChI is InChI=1S/C13H15NO6S/c15-12(20-17)8-2-1-5-9-14-13(16)10-6-3-4-7-11(10)21(14,18)19/h3-4,6-7,17H,1-2,5,8-9H2. The summed E-state index contributed by atoms with van der Waals surface area (Å²) < 4.78 is 25.3. The van der Waals surface area contributed by atoms with Crippen LogP contribution in [0.15, 0.2) is 29.2 Å². The van der Waals surface area contributed by atoms with E-state index in [2.05, 4.69) is 4.89 Å². The Balaban J connectivity index is 1.94. The minimum Gasteiger partial charge on any atom is -0.301 e. The summed E-state index contributed by atoms with van der Waals surface area (Å²) in [4.78, 5) is 26.3. The van der Waals surface area contributed by atoms with E-state index in [1.807, 2.05) is 0 Å². The van der Waals surface area contributed by atoms with Crippen LogP contribution in [-0.4, -0.2) is 36.4 Å². The van der Waals surface area contributed by atoms with E-state index in [1.165, 1.54) is 12.1 Å². The molecule has 1 amide bonds. The van der Waals surface area contributed by atoms with Crippen molar-refractivity contribution < 1.29 is 28.2 Å². The number of amides is 1. The van der Waals surface area contributed by atoms with Crippen molar-refractivity contribution in [3.8, 4) is 0 Å². The smallest absolute Gasteiger partial charge is 0.301 e. The maximum atomic E-state index is 12.2. The fourth-order valence-corrected chi connectivity index (χ4v) is 3.81. The SMILES string of the molecule is O=C(CCCCCN1C(=O)c2ccccc2S1(=O)=O)OO. The lowest BCUT2D eigenvalue weighted by Gasteiger charge is -2.14. The van der Waals surface area contributed by atoms with Gasteiger partial charge in [-0.25, -0.2) is 17.5 Å². The third-order valence-electron chi connectivity index (χ3n) is 3.26. The quantitative estimate of drug-likeness (QED) is 0.484. The van der Waals surface area contributed by atoms with Gasteiger partial charge in [-0.1, -0.05) is 18.6 Å². The first kappa shape index (κ1) is 15.5. The zero-order valence-corrected chi connectivity index (χ0v) is 12.0. The van der Waals surface area contributed by atoms with Crippen LogP contribution in [0, 0.1) is 0 Å². The summed E-state index contributed by atoms with van der Waals surface area (Å²) in [6.07, 6.45) is 1.49. The molecule has 0 aliphatic carbocycles. The second kappa shape index (κ2) is 6.23. The lowest BCUT2D eigenvalue weighted by atomic mass is 10.2. The van der Waals surface area contributed by atoms with Gasteiger partial charge in [0.25, 0.3) is 15.9 Å². The molecule has 8 heteroatoms. The van der Waals surface area contributed by atoms with Crippen LogP contribution in [0.5, 0.6) is 0 Å². The Hall–Kier alpha value is -1.93. The normalized spacial score (nSPS) is 15.9. The number of fused-ring (bicyclic) bond motifs is 1. The van der Waals surface area contributed by atoms with E-state index in [4.69, 9.17) is 5.26 Å². The molecule has 21 heavy (non-hydrogen) atoms. The van der Waals surface area contributed by atoms with E-state index in [0.29, 0.717) is 19.3 Å². The van der Waals surface area contributed by atoms with Gasteiger partial charge < -0.3 is 4.89 Å². The van der Waals surface area contributed by atoms with Crippen molar-refractivity contribution >= 4 is 21.9 Å². The molecule has 1 N–H and O–H groups in total. The van der Waals surface area contributed by atoms with Crippen molar-refractivity contribution in [1.29, 1.82) is 0 Å². The predicted molar refractivity (Wildman–Crippen MR) is 71.9 cm³/mol. The first-order valence-electron chi connectivity index (χ1n) is 6.49. The van der Waals surface area contributed by atoms with Gasteiger partial charge in [0.05, 0.1) is 5.56 Å². The number of sulfonamides is 1. The van der Waals surface area contributed by atoms with Gasteiger partial charge in [-0.05, 0) is 25.0 Å². The molecule has 0 aromatic heterocycles. The summed E-state index contributed by atoms with van der Waals surface area (Å²) in [6.45, 7) is 0.0734. The lowest BCUT2D eigenvalue weighted by molar-refractivity contribution is -0.234. The number of carbonyl (C=O) groups excluding carboxylic acids is 2. The Morgan fingerprint density at radius 2 is 1.90 bits per heavy atom. The Morgan fingerprint density at radius 1 is 1.19 bits per heavy atom.